The number of aliphatic hydroxyl groups excluding tert-OH is 1. The lowest BCUT2D eigenvalue weighted by molar-refractivity contribution is -0.150. The van der Waals surface area contributed by atoms with Crippen LogP contribution in [0.1, 0.15) is 22.8 Å². The van der Waals surface area contributed by atoms with Gasteiger partial charge in [-0.05, 0) is 24.6 Å². The summed E-state index contributed by atoms with van der Waals surface area (Å²) < 4.78 is 15.4. The first-order valence-electron chi connectivity index (χ1n) is 10.5. The zero-order valence-electron chi connectivity index (χ0n) is 19.6. The SMILES string of the molecule is COC(=O)/C(=C(\C)O)N1C(=O)C(NC(=O)c2c(OC)cccc2OC)C1SSCc1ccccc1. The molecule has 1 heterocycles. The number of amides is 2. The molecule has 2 unspecified atom stereocenters. The molecule has 1 saturated heterocycles. The molecule has 11 heteroatoms. The minimum atomic E-state index is -0.968. The number of β-lactam (4-membered cyclic amide) rings is 1. The van der Waals surface area contributed by atoms with Gasteiger partial charge < -0.3 is 24.6 Å². The smallest absolute Gasteiger partial charge is 0.358 e. The number of nitrogens with one attached hydrogen (secondary N) is 1. The molecule has 2 amide bonds. The highest BCUT2D eigenvalue weighted by Crippen LogP contribution is 2.42. The molecule has 0 aromatic heterocycles. The second-order valence-electron chi connectivity index (χ2n) is 7.36. The summed E-state index contributed by atoms with van der Waals surface area (Å²) >= 11 is 0. The number of rotatable bonds is 10. The fourth-order valence-electron chi connectivity index (χ4n) is 3.48. The van der Waals surface area contributed by atoms with Crippen molar-refractivity contribution in [1.82, 2.24) is 10.2 Å². The summed E-state index contributed by atoms with van der Waals surface area (Å²) in [5.74, 6) is -1.14. The van der Waals surface area contributed by atoms with Crippen molar-refractivity contribution in [3.8, 4) is 11.5 Å². The minimum Gasteiger partial charge on any atom is -0.510 e. The Bertz CT molecular complexity index is 1100. The maximum absolute atomic E-state index is 13.2. The van der Waals surface area contributed by atoms with Crippen molar-refractivity contribution in [3.63, 3.8) is 0 Å². The van der Waals surface area contributed by atoms with Crippen LogP contribution in [0.2, 0.25) is 0 Å². The predicted octanol–water partition coefficient (Wildman–Crippen LogP) is 3.51. The minimum absolute atomic E-state index is 0.145. The van der Waals surface area contributed by atoms with E-state index in [-0.39, 0.29) is 28.5 Å². The van der Waals surface area contributed by atoms with Crippen molar-refractivity contribution in [2.75, 3.05) is 21.3 Å². The predicted molar refractivity (Wildman–Crippen MR) is 134 cm³/mol. The van der Waals surface area contributed by atoms with Gasteiger partial charge in [0.25, 0.3) is 11.8 Å². The van der Waals surface area contributed by atoms with E-state index in [0.29, 0.717) is 5.75 Å². The lowest BCUT2D eigenvalue weighted by Gasteiger charge is -2.46. The monoisotopic (exact) mass is 518 g/mol. The van der Waals surface area contributed by atoms with Gasteiger partial charge in [0.15, 0.2) is 5.70 Å². The number of carbonyl (C=O) groups is 3. The molecular weight excluding hydrogens is 492 g/mol. The first kappa shape index (κ1) is 26.3. The zero-order chi connectivity index (χ0) is 25.5. The molecule has 186 valence electrons. The molecule has 3 rings (SSSR count). The summed E-state index contributed by atoms with van der Waals surface area (Å²) in [4.78, 5) is 39.8. The van der Waals surface area contributed by atoms with Crippen LogP contribution in [0, 0.1) is 0 Å². The molecule has 0 saturated carbocycles. The molecule has 35 heavy (non-hydrogen) atoms. The number of benzene rings is 2. The molecule has 0 spiro atoms. The van der Waals surface area contributed by atoms with Crippen molar-refractivity contribution in [2.45, 2.75) is 24.1 Å². The topological polar surface area (TPSA) is 114 Å². The van der Waals surface area contributed by atoms with Crippen LogP contribution in [-0.4, -0.2) is 60.5 Å². The van der Waals surface area contributed by atoms with Crippen molar-refractivity contribution in [1.29, 1.82) is 0 Å². The molecule has 0 radical (unpaired) electrons. The Morgan fingerprint density at radius 2 is 1.66 bits per heavy atom. The molecule has 2 atom stereocenters. The third-order valence-corrected chi connectivity index (χ3v) is 7.80. The number of nitrogens with zero attached hydrogens (tertiary/aromatic N) is 1. The fraction of sp³-hybridized carbons (Fsp3) is 0.292. The highest BCUT2D eigenvalue weighted by molar-refractivity contribution is 8.76. The van der Waals surface area contributed by atoms with Crippen LogP contribution in [0.4, 0.5) is 0 Å². The second-order valence-corrected chi connectivity index (χ2v) is 9.84. The first-order chi connectivity index (χ1) is 16.8. The van der Waals surface area contributed by atoms with E-state index in [2.05, 4.69) is 5.32 Å². The summed E-state index contributed by atoms with van der Waals surface area (Å²) in [6, 6.07) is 13.7. The lowest BCUT2D eigenvalue weighted by atomic mass is 10.0. The number of likely N-dealkylation sites (tertiary alicyclic amines) is 1. The number of ether oxygens (including phenoxy) is 3. The quantitative estimate of drug-likeness (QED) is 0.160. The maximum atomic E-state index is 13.2. The summed E-state index contributed by atoms with van der Waals surface area (Å²) in [5, 5.41) is 12.2. The Labute approximate surface area is 211 Å². The molecule has 2 N–H and O–H groups in total. The van der Waals surface area contributed by atoms with E-state index in [1.54, 1.807) is 18.2 Å². The van der Waals surface area contributed by atoms with Crippen LogP contribution < -0.4 is 14.8 Å². The lowest BCUT2D eigenvalue weighted by Crippen LogP contribution is -2.69. The van der Waals surface area contributed by atoms with Gasteiger partial charge in [0.2, 0.25) is 0 Å². The van der Waals surface area contributed by atoms with Crippen LogP contribution in [-0.2, 0) is 20.1 Å². The summed E-state index contributed by atoms with van der Waals surface area (Å²) in [6.07, 6.45) is 0. The molecule has 1 aliphatic heterocycles. The second kappa shape index (κ2) is 11.9. The molecule has 1 fully saturated rings. The van der Waals surface area contributed by atoms with Crippen molar-refractivity contribution >= 4 is 39.4 Å². The summed E-state index contributed by atoms with van der Waals surface area (Å²) in [6.45, 7) is 1.30. The van der Waals surface area contributed by atoms with Gasteiger partial charge in [-0.15, -0.1) is 0 Å². The summed E-state index contributed by atoms with van der Waals surface area (Å²) in [5.41, 5.74) is 0.950. The first-order valence-corrected chi connectivity index (χ1v) is 12.9. The van der Waals surface area contributed by atoms with Crippen LogP contribution in [0.3, 0.4) is 0 Å². The van der Waals surface area contributed by atoms with E-state index in [9.17, 15) is 19.5 Å². The number of methoxy groups -OCH3 is 3. The van der Waals surface area contributed by atoms with Gasteiger partial charge in [-0.1, -0.05) is 58.0 Å². The number of esters is 1. The molecular formula is C24H26N2O7S2. The van der Waals surface area contributed by atoms with Crippen LogP contribution >= 0.6 is 21.6 Å². The Morgan fingerprint density at radius 3 is 2.20 bits per heavy atom. The van der Waals surface area contributed by atoms with Crippen LogP contribution in [0.25, 0.3) is 0 Å². The van der Waals surface area contributed by atoms with Crippen molar-refractivity contribution in [2.24, 2.45) is 0 Å². The van der Waals surface area contributed by atoms with Crippen molar-refractivity contribution < 1.29 is 33.7 Å². The normalized spacial score (nSPS) is 17.7. The van der Waals surface area contributed by atoms with Gasteiger partial charge >= 0.3 is 5.97 Å². The highest BCUT2D eigenvalue weighted by Gasteiger charge is 2.53. The standard InChI is InChI=1S/C24H26N2O7S2/c1-14(27)20(24(30)33-4)26-22(29)19(23(26)35-34-13-15-9-6-5-7-10-15)25-21(28)18-16(31-2)11-8-12-17(18)32-3/h5-12,19,23,27H,13H2,1-4H3,(H,25,28)/b20-14-. The highest BCUT2D eigenvalue weighted by atomic mass is 33.1. The Hall–Kier alpha value is -3.31. The van der Waals surface area contributed by atoms with Crippen molar-refractivity contribution in [3.05, 3.63) is 71.1 Å². The zero-order valence-corrected chi connectivity index (χ0v) is 21.3. The van der Waals surface area contributed by atoms with Gasteiger partial charge in [-0.2, -0.15) is 0 Å². The average molecular weight is 519 g/mol. The van der Waals surface area contributed by atoms with Gasteiger partial charge in [0.05, 0.1) is 21.3 Å². The number of hydrogen-bond acceptors (Lipinski definition) is 9. The molecule has 0 bridgehead atoms. The average Bonchev–Trinajstić information content (AvgIpc) is 2.88. The Morgan fingerprint density at radius 1 is 1.03 bits per heavy atom. The largest absolute Gasteiger partial charge is 0.510 e. The van der Waals surface area contributed by atoms with E-state index in [0.717, 1.165) is 17.6 Å². The van der Waals surface area contributed by atoms with Gasteiger partial charge in [0, 0.05) is 5.75 Å². The van der Waals surface area contributed by atoms with E-state index >= 15 is 0 Å². The number of hydrogen-bond donors (Lipinski definition) is 2. The Balaban J connectivity index is 1.86. The number of carbonyl (C=O) groups excluding carboxylic acids is 3. The number of aliphatic hydroxyl groups is 1. The van der Waals surface area contributed by atoms with E-state index < -0.39 is 29.2 Å². The third kappa shape index (κ3) is 5.68. The Kier molecular flexibility index (Phi) is 8.94. The van der Waals surface area contributed by atoms with E-state index in [4.69, 9.17) is 14.2 Å². The fourth-order valence-corrected chi connectivity index (χ4v) is 6.23. The van der Waals surface area contributed by atoms with Gasteiger partial charge in [-0.3, -0.25) is 14.5 Å². The molecule has 2 aromatic carbocycles. The van der Waals surface area contributed by atoms with Gasteiger partial charge in [0.1, 0.15) is 34.2 Å². The summed E-state index contributed by atoms with van der Waals surface area (Å²) in [7, 11) is 6.77. The number of allylic oxidation sites excluding steroid dienone is 1. The molecule has 0 aliphatic carbocycles. The molecule has 2 aromatic rings. The van der Waals surface area contributed by atoms with Crippen LogP contribution in [0.15, 0.2) is 60.0 Å². The molecule has 9 nitrogen and oxygen atoms in total. The third-order valence-electron chi connectivity index (χ3n) is 5.18. The van der Waals surface area contributed by atoms with E-state index in [1.165, 1.54) is 42.7 Å². The molecule has 1 aliphatic rings. The van der Waals surface area contributed by atoms with E-state index in [1.807, 2.05) is 30.3 Å². The van der Waals surface area contributed by atoms with Gasteiger partial charge in [-0.25, -0.2) is 4.79 Å². The maximum Gasteiger partial charge on any atom is 0.358 e. The van der Waals surface area contributed by atoms with Crippen LogP contribution in [0.5, 0.6) is 11.5 Å².